The van der Waals surface area contributed by atoms with Gasteiger partial charge in [-0.1, -0.05) is 18.7 Å². The summed E-state index contributed by atoms with van der Waals surface area (Å²) in [5.41, 5.74) is 1.17. The number of amides is 1. The molecule has 0 fully saturated rings. The lowest BCUT2D eigenvalue weighted by atomic mass is 10.1. The fourth-order valence-corrected chi connectivity index (χ4v) is 1.38. The van der Waals surface area contributed by atoms with E-state index in [-0.39, 0.29) is 18.0 Å². The van der Waals surface area contributed by atoms with E-state index in [2.05, 4.69) is 6.58 Å². The molecule has 0 atom stereocenters. The van der Waals surface area contributed by atoms with Crippen LogP contribution in [0.3, 0.4) is 0 Å². The Morgan fingerprint density at radius 3 is 2.65 bits per heavy atom. The molecule has 0 unspecified atom stereocenters. The fraction of sp³-hybridized carbons (Fsp3) is 0.250. The molecule has 1 aromatic rings. The predicted molar refractivity (Wildman–Crippen MR) is 65.6 cm³/mol. The maximum atomic E-state index is 11.5. The summed E-state index contributed by atoms with van der Waals surface area (Å²) in [6.45, 7) is 3.53. The molecule has 0 spiro atoms. The van der Waals surface area contributed by atoms with Crippen molar-refractivity contribution in [2.75, 3.05) is 14.1 Å². The number of hydrogen-bond donors (Lipinski definition) is 0. The van der Waals surface area contributed by atoms with Crippen molar-refractivity contribution in [2.24, 2.45) is 0 Å². The Morgan fingerprint density at radius 1 is 1.53 bits per heavy atom. The molecule has 0 saturated heterocycles. The van der Waals surface area contributed by atoms with Crippen LogP contribution in [0.5, 0.6) is 0 Å². The maximum Gasteiger partial charge on any atom is 0.276 e. The van der Waals surface area contributed by atoms with Gasteiger partial charge in [0.2, 0.25) is 5.91 Å². The third-order valence-electron chi connectivity index (χ3n) is 2.36. The molecule has 5 heteroatoms. The van der Waals surface area contributed by atoms with Crippen LogP contribution >= 0.6 is 0 Å². The van der Waals surface area contributed by atoms with Gasteiger partial charge in [-0.25, -0.2) is 0 Å². The zero-order chi connectivity index (χ0) is 13.0. The molecule has 0 saturated carbocycles. The summed E-state index contributed by atoms with van der Waals surface area (Å²) in [6.07, 6.45) is 1.65. The average molecular weight is 234 g/mol. The van der Waals surface area contributed by atoms with Gasteiger partial charge in [-0.2, -0.15) is 0 Å². The van der Waals surface area contributed by atoms with Crippen LogP contribution < -0.4 is 0 Å². The molecular formula is C12H14N2O3. The first-order valence-electron chi connectivity index (χ1n) is 5.05. The number of carbonyl (C=O) groups is 1. The first kappa shape index (κ1) is 12.9. The third-order valence-corrected chi connectivity index (χ3v) is 2.36. The van der Waals surface area contributed by atoms with E-state index in [1.807, 2.05) is 0 Å². The van der Waals surface area contributed by atoms with Gasteiger partial charge >= 0.3 is 0 Å². The van der Waals surface area contributed by atoms with Crippen molar-refractivity contribution in [2.45, 2.75) is 6.42 Å². The maximum absolute atomic E-state index is 11.5. The second kappa shape index (κ2) is 5.25. The Bertz CT molecular complexity index is 467. The number of benzene rings is 1. The van der Waals surface area contributed by atoms with E-state index in [9.17, 15) is 14.9 Å². The highest BCUT2D eigenvalue weighted by molar-refractivity contribution is 5.78. The molecule has 0 N–H and O–H groups in total. The fourth-order valence-electron chi connectivity index (χ4n) is 1.38. The molecule has 0 bridgehead atoms. The molecule has 17 heavy (non-hydrogen) atoms. The number of rotatable bonds is 4. The zero-order valence-corrected chi connectivity index (χ0v) is 9.84. The molecule has 0 heterocycles. The summed E-state index contributed by atoms with van der Waals surface area (Å²) < 4.78 is 0. The van der Waals surface area contributed by atoms with E-state index in [4.69, 9.17) is 0 Å². The number of nitrogens with zero attached hydrogens (tertiary/aromatic N) is 2. The highest BCUT2D eigenvalue weighted by atomic mass is 16.6. The van der Waals surface area contributed by atoms with E-state index >= 15 is 0 Å². The molecule has 0 radical (unpaired) electrons. The van der Waals surface area contributed by atoms with Crippen LogP contribution in [-0.2, 0) is 11.2 Å². The highest BCUT2D eigenvalue weighted by Crippen LogP contribution is 2.21. The average Bonchev–Trinajstić information content (AvgIpc) is 2.28. The summed E-state index contributed by atoms with van der Waals surface area (Å²) >= 11 is 0. The summed E-state index contributed by atoms with van der Waals surface area (Å²) in [5, 5.41) is 10.7. The molecule has 90 valence electrons. The Hall–Kier alpha value is -2.17. The summed E-state index contributed by atoms with van der Waals surface area (Å²) in [7, 11) is 3.34. The predicted octanol–water partition coefficient (Wildman–Crippen LogP) is 1.87. The smallest absolute Gasteiger partial charge is 0.276 e. The van der Waals surface area contributed by atoms with Crippen molar-refractivity contribution >= 4 is 17.7 Å². The second-order valence-electron chi connectivity index (χ2n) is 3.82. The minimum atomic E-state index is -0.464. The first-order chi connectivity index (χ1) is 7.95. The zero-order valence-electron chi connectivity index (χ0n) is 9.84. The van der Waals surface area contributed by atoms with Crippen LogP contribution in [0.25, 0.3) is 6.08 Å². The van der Waals surface area contributed by atoms with Crippen molar-refractivity contribution in [1.29, 1.82) is 0 Å². The number of carbonyl (C=O) groups excluding carboxylic acids is 1. The van der Waals surface area contributed by atoms with Crippen LogP contribution in [0, 0.1) is 10.1 Å². The summed E-state index contributed by atoms with van der Waals surface area (Å²) in [6, 6.07) is 4.61. The van der Waals surface area contributed by atoms with Gasteiger partial charge in [0.05, 0.1) is 16.9 Å². The highest BCUT2D eigenvalue weighted by Gasteiger charge is 2.13. The Labute approximate surface area is 99.5 Å². The molecule has 1 rings (SSSR count). The number of nitro benzene ring substituents is 1. The Balaban J connectivity index is 3.02. The lowest BCUT2D eigenvalue weighted by Gasteiger charge is -2.10. The third kappa shape index (κ3) is 3.14. The topological polar surface area (TPSA) is 63.5 Å². The normalized spacial score (nSPS) is 9.76. The Morgan fingerprint density at radius 2 is 2.18 bits per heavy atom. The second-order valence-corrected chi connectivity index (χ2v) is 3.82. The van der Waals surface area contributed by atoms with E-state index in [1.165, 1.54) is 17.0 Å². The molecule has 0 aliphatic heterocycles. The Kier molecular flexibility index (Phi) is 3.98. The van der Waals surface area contributed by atoms with Gasteiger partial charge in [-0.15, -0.1) is 0 Å². The van der Waals surface area contributed by atoms with Gasteiger partial charge < -0.3 is 4.90 Å². The quantitative estimate of drug-likeness (QED) is 0.590. The first-order valence-corrected chi connectivity index (χ1v) is 5.05. The lowest BCUT2D eigenvalue weighted by molar-refractivity contribution is -0.385. The molecule has 0 aliphatic carbocycles. The minimum absolute atomic E-state index is 0.000974. The number of hydrogen-bond acceptors (Lipinski definition) is 3. The van der Waals surface area contributed by atoms with Gasteiger partial charge in [-0.05, 0) is 11.6 Å². The molecular weight excluding hydrogens is 220 g/mol. The molecule has 5 nitrogen and oxygen atoms in total. The molecule has 1 aromatic carbocycles. The SMILES string of the molecule is C=Cc1cc(CC(=O)N(C)C)ccc1[N+](=O)[O-]. The van der Waals surface area contributed by atoms with Gasteiger partial charge in [0.15, 0.2) is 0 Å². The minimum Gasteiger partial charge on any atom is -0.349 e. The largest absolute Gasteiger partial charge is 0.349 e. The van der Waals surface area contributed by atoms with Crippen LogP contribution in [-0.4, -0.2) is 29.8 Å². The summed E-state index contributed by atoms with van der Waals surface area (Å²) in [5.74, 6) is -0.0473. The molecule has 1 amide bonds. The van der Waals surface area contributed by atoms with Crippen molar-refractivity contribution in [3.05, 3.63) is 46.0 Å². The van der Waals surface area contributed by atoms with Crippen molar-refractivity contribution < 1.29 is 9.72 Å². The molecule has 0 aliphatic rings. The van der Waals surface area contributed by atoms with Crippen LogP contribution in [0.15, 0.2) is 24.8 Å². The van der Waals surface area contributed by atoms with E-state index < -0.39 is 4.92 Å². The van der Waals surface area contributed by atoms with Gasteiger partial charge in [0, 0.05) is 20.2 Å². The summed E-state index contributed by atoms with van der Waals surface area (Å²) in [4.78, 5) is 23.2. The van der Waals surface area contributed by atoms with Gasteiger partial charge in [0.1, 0.15) is 0 Å². The van der Waals surface area contributed by atoms with Crippen LogP contribution in [0.2, 0.25) is 0 Å². The van der Waals surface area contributed by atoms with E-state index in [1.54, 1.807) is 26.2 Å². The van der Waals surface area contributed by atoms with E-state index in [0.29, 0.717) is 5.56 Å². The number of nitro groups is 1. The monoisotopic (exact) mass is 234 g/mol. The molecule has 0 aromatic heterocycles. The van der Waals surface area contributed by atoms with Crippen molar-refractivity contribution in [1.82, 2.24) is 4.90 Å². The van der Waals surface area contributed by atoms with Crippen LogP contribution in [0.1, 0.15) is 11.1 Å². The van der Waals surface area contributed by atoms with Crippen LogP contribution in [0.4, 0.5) is 5.69 Å². The van der Waals surface area contributed by atoms with E-state index in [0.717, 1.165) is 5.56 Å². The van der Waals surface area contributed by atoms with Crippen molar-refractivity contribution in [3.8, 4) is 0 Å². The number of likely N-dealkylation sites (N-methyl/N-ethyl adjacent to an activating group) is 1. The van der Waals surface area contributed by atoms with Gasteiger partial charge in [-0.3, -0.25) is 14.9 Å². The van der Waals surface area contributed by atoms with Gasteiger partial charge in [0.25, 0.3) is 5.69 Å². The van der Waals surface area contributed by atoms with Crippen molar-refractivity contribution in [3.63, 3.8) is 0 Å². The standard InChI is InChI=1S/C12H14N2O3/c1-4-10-7-9(8-12(15)13(2)3)5-6-11(10)14(16)17/h4-7H,1,8H2,2-3H3. The lowest BCUT2D eigenvalue weighted by Crippen LogP contribution is -2.23.